The van der Waals surface area contributed by atoms with Gasteiger partial charge in [0.25, 0.3) is 5.91 Å². The normalized spacial score (nSPS) is 23.9. The van der Waals surface area contributed by atoms with Crippen LogP contribution in [0.25, 0.3) is 0 Å². The molecule has 2 aromatic rings. The van der Waals surface area contributed by atoms with E-state index < -0.39 is 15.7 Å². The van der Waals surface area contributed by atoms with Crippen LogP contribution >= 0.6 is 11.8 Å². The van der Waals surface area contributed by atoms with Gasteiger partial charge in [-0.25, -0.2) is 8.42 Å². The highest BCUT2D eigenvalue weighted by Crippen LogP contribution is 2.41. The van der Waals surface area contributed by atoms with Crippen molar-refractivity contribution in [3.8, 4) is 5.75 Å². The minimum Gasteiger partial charge on any atom is -0.484 e. The largest absolute Gasteiger partial charge is 0.484 e. The van der Waals surface area contributed by atoms with Gasteiger partial charge in [-0.1, -0.05) is 36.0 Å². The number of anilines is 1. The summed E-state index contributed by atoms with van der Waals surface area (Å²) in [5.74, 6) is 0.394. The maximum atomic E-state index is 12.4. The highest BCUT2D eigenvalue weighted by Gasteiger charge is 2.49. The van der Waals surface area contributed by atoms with E-state index in [0.29, 0.717) is 10.9 Å². The summed E-state index contributed by atoms with van der Waals surface area (Å²) in [6.45, 7) is 3.88. The number of hydrogen-bond acceptors (Lipinski definition) is 5. The number of benzene rings is 2. The Balaban J connectivity index is 1.59. The second kappa shape index (κ2) is 7.84. The molecular weight excluding hydrogens is 408 g/mol. The van der Waals surface area contributed by atoms with Crippen LogP contribution in [0, 0.1) is 13.8 Å². The Kier molecular flexibility index (Phi) is 5.40. The van der Waals surface area contributed by atoms with Gasteiger partial charge in [0.15, 0.2) is 21.6 Å². The van der Waals surface area contributed by atoms with Crippen molar-refractivity contribution in [3.05, 3.63) is 59.7 Å². The molecular formula is C21H22N2O4S2. The number of carbonyl (C=O) groups is 1. The van der Waals surface area contributed by atoms with Crippen LogP contribution in [0.2, 0.25) is 0 Å². The zero-order valence-corrected chi connectivity index (χ0v) is 17.9. The van der Waals surface area contributed by atoms with Gasteiger partial charge < -0.3 is 9.64 Å². The molecule has 1 amide bonds. The number of aryl methyl sites for hydroxylation is 2. The van der Waals surface area contributed by atoms with Crippen LogP contribution in [0.5, 0.6) is 5.75 Å². The van der Waals surface area contributed by atoms with Gasteiger partial charge in [0, 0.05) is 10.9 Å². The molecule has 2 aromatic carbocycles. The Morgan fingerprint density at radius 2 is 1.90 bits per heavy atom. The van der Waals surface area contributed by atoms with Crippen molar-refractivity contribution in [2.75, 3.05) is 23.0 Å². The zero-order valence-electron chi connectivity index (χ0n) is 16.2. The molecule has 6 nitrogen and oxygen atoms in total. The number of fused-ring (bicyclic) bond motifs is 1. The van der Waals surface area contributed by atoms with Gasteiger partial charge in [-0.05, 0) is 49.2 Å². The van der Waals surface area contributed by atoms with E-state index in [9.17, 15) is 13.2 Å². The van der Waals surface area contributed by atoms with E-state index in [4.69, 9.17) is 4.74 Å². The number of hydrogen-bond donors (Lipinski definition) is 0. The van der Waals surface area contributed by atoms with Crippen molar-refractivity contribution in [1.29, 1.82) is 0 Å². The summed E-state index contributed by atoms with van der Waals surface area (Å²) in [4.78, 5) is 18.6. The van der Waals surface area contributed by atoms with Gasteiger partial charge >= 0.3 is 0 Å². The summed E-state index contributed by atoms with van der Waals surface area (Å²) >= 11 is 1.37. The van der Waals surface area contributed by atoms with Gasteiger partial charge in [-0.2, -0.15) is 4.99 Å². The molecule has 152 valence electrons. The van der Waals surface area contributed by atoms with Crippen LogP contribution in [0.4, 0.5) is 5.69 Å². The maximum absolute atomic E-state index is 12.4. The molecule has 2 aliphatic heterocycles. The van der Waals surface area contributed by atoms with E-state index >= 15 is 0 Å². The molecule has 2 aliphatic rings. The first-order valence-electron chi connectivity index (χ1n) is 9.35. The average molecular weight is 431 g/mol. The number of rotatable bonds is 4. The number of carbonyl (C=O) groups excluding carboxylic acids is 1. The van der Waals surface area contributed by atoms with Gasteiger partial charge in [-0.15, -0.1) is 0 Å². The Morgan fingerprint density at radius 3 is 2.62 bits per heavy atom. The first kappa shape index (κ1) is 20.0. The predicted octanol–water partition coefficient (Wildman–Crippen LogP) is 2.98. The van der Waals surface area contributed by atoms with Gasteiger partial charge in [0.2, 0.25) is 0 Å². The molecule has 29 heavy (non-hydrogen) atoms. The summed E-state index contributed by atoms with van der Waals surface area (Å²) in [5, 5.41) is 0.419. The molecule has 0 unspecified atom stereocenters. The number of amides is 1. The van der Waals surface area contributed by atoms with Crippen LogP contribution < -0.4 is 9.64 Å². The molecule has 2 saturated heterocycles. The zero-order chi connectivity index (χ0) is 20.6. The Hall–Kier alpha value is -2.32. The maximum Gasteiger partial charge on any atom is 0.285 e. The Labute approximate surface area is 174 Å². The van der Waals surface area contributed by atoms with Crippen molar-refractivity contribution in [1.82, 2.24) is 0 Å². The number of aliphatic imine (C=N–C) groups is 1. The van der Waals surface area contributed by atoms with Crippen molar-refractivity contribution in [2.24, 2.45) is 4.99 Å². The molecule has 2 fully saturated rings. The highest BCUT2D eigenvalue weighted by atomic mass is 32.2. The highest BCUT2D eigenvalue weighted by molar-refractivity contribution is 8.16. The lowest BCUT2D eigenvalue weighted by Gasteiger charge is -2.25. The molecule has 0 bridgehead atoms. The SMILES string of the molecule is Cc1ccc(N2C(=NC(=O)COc3ccccc3)S[C@@H]3CS(=O)(=O)C[C@@H]32)cc1C. The summed E-state index contributed by atoms with van der Waals surface area (Å²) in [5.41, 5.74) is 3.12. The number of amidine groups is 1. The summed E-state index contributed by atoms with van der Waals surface area (Å²) in [6.07, 6.45) is 0. The van der Waals surface area contributed by atoms with E-state index in [-0.39, 0.29) is 29.4 Å². The van der Waals surface area contributed by atoms with E-state index in [1.807, 2.05) is 55.1 Å². The van der Waals surface area contributed by atoms with E-state index in [1.165, 1.54) is 11.8 Å². The van der Waals surface area contributed by atoms with Crippen molar-refractivity contribution >= 4 is 38.4 Å². The number of thioether (sulfide) groups is 1. The molecule has 2 atom stereocenters. The predicted molar refractivity (Wildman–Crippen MR) is 117 cm³/mol. The molecule has 0 saturated carbocycles. The first-order chi connectivity index (χ1) is 13.8. The third kappa shape index (κ3) is 4.33. The molecule has 0 aliphatic carbocycles. The van der Waals surface area contributed by atoms with Crippen molar-refractivity contribution < 1.29 is 17.9 Å². The summed E-state index contributed by atoms with van der Waals surface area (Å²) in [6, 6.07) is 14.9. The van der Waals surface area contributed by atoms with Crippen LogP contribution in [0.1, 0.15) is 11.1 Å². The molecule has 4 rings (SSSR count). The topological polar surface area (TPSA) is 76.0 Å². The Bertz CT molecular complexity index is 1070. The molecule has 0 N–H and O–H groups in total. The summed E-state index contributed by atoms with van der Waals surface area (Å²) < 4.78 is 29.8. The third-order valence-corrected chi connectivity index (χ3v) is 8.37. The van der Waals surface area contributed by atoms with E-state index in [2.05, 4.69) is 4.99 Å². The molecule has 0 radical (unpaired) electrons. The fraction of sp³-hybridized carbons (Fsp3) is 0.333. The smallest absolute Gasteiger partial charge is 0.285 e. The van der Waals surface area contributed by atoms with Crippen LogP contribution in [-0.2, 0) is 14.6 Å². The standard InChI is InChI=1S/C21H22N2O4S2/c1-14-8-9-16(10-15(14)2)23-18-12-29(25,26)13-19(18)28-21(23)22-20(24)11-27-17-6-4-3-5-7-17/h3-10,18-19H,11-13H2,1-2H3/t18-,19+/m0/s1. The average Bonchev–Trinajstić information content (AvgIpc) is 3.14. The monoisotopic (exact) mass is 430 g/mol. The van der Waals surface area contributed by atoms with Crippen molar-refractivity contribution in [2.45, 2.75) is 25.1 Å². The number of nitrogens with zero attached hydrogens (tertiary/aromatic N) is 2. The lowest BCUT2D eigenvalue weighted by Crippen LogP contribution is -2.38. The van der Waals surface area contributed by atoms with Crippen LogP contribution in [-0.4, -0.2) is 48.9 Å². The number of ether oxygens (including phenoxy) is 1. The van der Waals surface area contributed by atoms with E-state index in [1.54, 1.807) is 12.1 Å². The molecule has 0 aromatic heterocycles. The molecule has 2 heterocycles. The van der Waals surface area contributed by atoms with Gasteiger partial charge in [0.1, 0.15) is 5.75 Å². The van der Waals surface area contributed by atoms with Gasteiger partial charge in [0.05, 0.1) is 17.5 Å². The Morgan fingerprint density at radius 1 is 1.14 bits per heavy atom. The van der Waals surface area contributed by atoms with Crippen molar-refractivity contribution in [3.63, 3.8) is 0 Å². The lowest BCUT2D eigenvalue weighted by molar-refractivity contribution is -0.119. The van der Waals surface area contributed by atoms with Gasteiger partial charge in [-0.3, -0.25) is 4.79 Å². The fourth-order valence-electron chi connectivity index (χ4n) is 3.54. The molecule has 8 heteroatoms. The number of sulfone groups is 1. The van der Waals surface area contributed by atoms with Crippen LogP contribution in [0.3, 0.4) is 0 Å². The fourth-order valence-corrected chi connectivity index (χ4v) is 7.47. The minimum atomic E-state index is -3.09. The quantitative estimate of drug-likeness (QED) is 0.742. The summed E-state index contributed by atoms with van der Waals surface area (Å²) in [7, 11) is -3.09. The number of para-hydroxylation sites is 1. The van der Waals surface area contributed by atoms with E-state index in [0.717, 1.165) is 16.8 Å². The first-order valence-corrected chi connectivity index (χ1v) is 12.1. The third-order valence-electron chi connectivity index (χ3n) is 5.16. The van der Waals surface area contributed by atoms with Crippen LogP contribution in [0.15, 0.2) is 53.5 Å². The minimum absolute atomic E-state index is 0.0747. The second-order valence-electron chi connectivity index (χ2n) is 7.33. The molecule has 0 spiro atoms. The second-order valence-corrected chi connectivity index (χ2v) is 10.7. The lowest BCUT2D eigenvalue weighted by atomic mass is 10.1.